The van der Waals surface area contributed by atoms with Gasteiger partial charge in [-0.15, -0.1) is 12.6 Å². The molecule has 1 atom stereocenters. The highest BCUT2D eigenvalue weighted by molar-refractivity contribution is 7.80. The smallest absolute Gasteiger partial charge is 0.131 e. The molecule has 3 aromatic rings. The fourth-order valence-electron chi connectivity index (χ4n) is 2.60. The predicted octanol–water partition coefficient (Wildman–Crippen LogP) is 4.97. The summed E-state index contributed by atoms with van der Waals surface area (Å²) in [4.78, 5) is 12.4. The molecular formula is C20H16OS. The molecular weight excluding hydrogens is 288 g/mol. The SMILES string of the molecule is O=CC(c1ccc(-c2ccccc2)cc1)c1ccccc1S. The summed E-state index contributed by atoms with van der Waals surface area (Å²) < 4.78 is 0. The Hall–Kier alpha value is -2.32. The highest BCUT2D eigenvalue weighted by Gasteiger charge is 2.15. The Morgan fingerprint density at radius 2 is 1.32 bits per heavy atom. The van der Waals surface area contributed by atoms with Crippen LogP contribution in [-0.2, 0) is 4.79 Å². The van der Waals surface area contributed by atoms with Crippen LogP contribution in [0.15, 0.2) is 83.8 Å². The lowest BCUT2D eigenvalue weighted by atomic mass is 9.91. The topological polar surface area (TPSA) is 17.1 Å². The molecule has 0 amide bonds. The van der Waals surface area contributed by atoms with E-state index in [0.29, 0.717) is 0 Å². The van der Waals surface area contributed by atoms with Gasteiger partial charge in [-0.05, 0) is 28.3 Å². The van der Waals surface area contributed by atoms with E-state index in [4.69, 9.17) is 0 Å². The first-order chi connectivity index (χ1) is 10.8. The van der Waals surface area contributed by atoms with Crippen molar-refractivity contribution in [2.45, 2.75) is 10.8 Å². The summed E-state index contributed by atoms with van der Waals surface area (Å²) in [6.07, 6.45) is 0.979. The Morgan fingerprint density at radius 3 is 1.95 bits per heavy atom. The zero-order valence-corrected chi connectivity index (χ0v) is 12.9. The molecule has 0 bridgehead atoms. The average Bonchev–Trinajstić information content (AvgIpc) is 2.59. The van der Waals surface area contributed by atoms with Gasteiger partial charge in [-0.3, -0.25) is 0 Å². The third kappa shape index (κ3) is 2.97. The van der Waals surface area contributed by atoms with Gasteiger partial charge in [-0.1, -0.05) is 72.8 Å². The van der Waals surface area contributed by atoms with Crippen molar-refractivity contribution in [1.29, 1.82) is 0 Å². The van der Waals surface area contributed by atoms with Crippen molar-refractivity contribution in [3.8, 4) is 11.1 Å². The molecule has 0 fully saturated rings. The number of hydrogen-bond acceptors (Lipinski definition) is 2. The van der Waals surface area contributed by atoms with Crippen molar-refractivity contribution < 1.29 is 4.79 Å². The van der Waals surface area contributed by atoms with Crippen LogP contribution < -0.4 is 0 Å². The van der Waals surface area contributed by atoms with Gasteiger partial charge in [0, 0.05) is 4.90 Å². The van der Waals surface area contributed by atoms with E-state index in [2.05, 4.69) is 36.9 Å². The first-order valence-corrected chi connectivity index (χ1v) is 7.63. The normalized spacial score (nSPS) is 11.9. The van der Waals surface area contributed by atoms with Gasteiger partial charge in [-0.2, -0.15) is 0 Å². The molecule has 22 heavy (non-hydrogen) atoms. The van der Waals surface area contributed by atoms with Crippen LogP contribution in [0.4, 0.5) is 0 Å². The average molecular weight is 304 g/mol. The predicted molar refractivity (Wildman–Crippen MR) is 93.5 cm³/mol. The number of thiol groups is 1. The van der Waals surface area contributed by atoms with Crippen molar-refractivity contribution in [2.75, 3.05) is 0 Å². The van der Waals surface area contributed by atoms with Crippen molar-refractivity contribution in [1.82, 2.24) is 0 Å². The quantitative estimate of drug-likeness (QED) is 0.532. The molecule has 0 saturated carbocycles. The Kier molecular flexibility index (Phi) is 4.40. The molecule has 0 aliphatic rings. The zero-order valence-electron chi connectivity index (χ0n) is 12.0. The molecule has 0 aliphatic carbocycles. The van der Waals surface area contributed by atoms with Gasteiger partial charge in [-0.25, -0.2) is 0 Å². The molecule has 108 valence electrons. The summed E-state index contributed by atoms with van der Waals surface area (Å²) in [7, 11) is 0. The highest BCUT2D eigenvalue weighted by Crippen LogP contribution is 2.29. The van der Waals surface area contributed by atoms with Gasteiger partial charge in [0.15, 0.2) is 0 Å². The Morgan fingerprint density at radius 1 is 0.727 bits per heavy atom. The van der Waals surface area contributed by atoms with Gasteiger partial charge >= 0.3 is 0 Å². The summed E-state index contributed by atoms with van der Waals surface area (Å²) in [5, 5.41) is 0. The first kappa shape index (κ1) is 14.6. The lowest BCUT2D eigenvalue weighted by Crippen LogP contribution is -2.03. The van der Waals surface area contributed by atoms with Gasteiger partial charge in [0.1, 0.15) is 6.29 Å². The minimum Gasteiger partial charge on any atom is -0.302 e. The van der Waals surface area contributed by atoms with E-state index < -0.39 is 0 Å². The highest BCUT2D eigenvalue weighted by atomic mass is 32.1. The molecule has 0 spiro atoms. The largest absolute Gasteiger partial charge is 0.302 e. The summed E-state index contributed by atoms with van der Waals surface area (Å²) in [5.74, 6) is -0.279. The maximum Gasteiger partial charge on any atom is 0.131 e. The van der Waals surface area contributed by atoms with Crippen LogP contribution in [-0.4, -0.2) is 6.29 Å². The van der Waals surface area contributed by atoms with Gasteiger partial charge < -0.3 is 4.79 Å². The molecule has 0 heterocycles. The fourth-order valence-corrected chi connectivity index (χ4v) is 2.90. The van der Waals surface area contributed by atoms with Crippen molar-refractivity contribution in [2.24, 2.45) is 0 Å². The molecule has 0 aliphatic heterocycles. The number of carbonyl (C=O) groups excluding carboxylic acids is 1. The third-order valence-corrected chi connectivity index (χ3v) is 4.19. The van der Waals surface area contributed by atoms with Crippen LogP contribution in [0.25, 0.3) is 11.1 Å². The molecule has 1 unspecified atom stereocenters. The van der Waals surface area contributed by atoms with Crippen molar-refractivity contribution in [3.63, 3.8) is 0 Å². The van der Waals surface area contributed by atoms with E-state index in [9.17, 15) is 4.79 Å². The van der Waals surface area contributed by atoms with E-state index in [0.717, 1.165) is 27.9 Å². The van der Waals surface area contributed by atoms with Crippen LogP contribution in [0, 0.1) is 0 Å². The van der Waals surface area contributed by atoms with Crippen LogP contribution in [0.1, 0.15) is 17.0 Å². The van der Waals surface area contributed by atoms with E-state index in [1.807, 2.05) is 54.6 Å². The van der Waals surface area contributed by atoms with E-state index in [-0.39, 0.29) is 5.92 Å². The number of hydrogen-bond donors (Lipinski definition) is 1. The second-order valence-electron chi connectivity index (χ2n) is 5.16. The summed E-state index contributed by atoms with van der Waals surface area (Å²) >= 11 is 4.46. The van der Waals surface area contributed by atoms with Crippen molar-refractivity contribution >= 4 is 18.9 Å². The van der Waals surface area contributed by atoms with Crippen LogP contribution in [0.2, 0.25) is 0 Å². The molecule has 1 nitrogen and oxygen atoms in total. The third-order valence-electron chi connectivity index (χ3n) is 3.78. The summed E-state index contributed by atoms with van der Waals surface area (Å²) in [5.41, 5.74) is 4.24. The van der Waals surface area contributed by atoms with Crippen LogP contribution in [0.3, 0.4) is 0 Å². The lowest BCUT2D eigenvalue weighted by Gasteiger charge is -2.14. The Labute approximate surface area is 136 Å². The zero-order chi connectivity index (χ0) is 15.4. The van der Waals surface area contributed by atoms with Crippen LogP contribution in [0.5, 0.6) is 0 Å². The Bertz CT molecular complexity index is 763. The number of benzene rings is 3. The minimum absolute atomic E-state index is 0.279. The molecule has 3 rings (SSSR count). The van der Waals surface area contributed by atoms with E-state index in [1.54, 1.807) is 0 Å². The van der Waals surface area contributed by atoms with Gasteiger partial charge in [0.2, 0.25) is 0 Å². The maximum absolute atomic E-state index is 11.6. The van der Waals surface area contributed by atoms with E-state index in [1.165, 1.54) is 5.56 Å². The Balaban J connectivity index is 1.95. The van der Waals surface area contributed by atoms with Gasteiger partial charge in [0.05, 0.1) is 5.92 Å². The second kappa shape index (κ2) is 6.63. The molecule has 0 N–H and O–H groups in total. The monoisotopic (exact) mass is 304 g/mol. The molecule has 0 radical (unpaired) electrons. The fraction of sp³-hybridized carbons (Fsp3) is 0.0500. The second-order valence-corrected chi connectivity index (χ2v) is 5.64. The number of rotatable bonds is 4. The summed E-state index contributed by atoms with van der Waals surface area (Å²) in [6.45, 7) is 0. The van der Waals surface area contributed by atoms with Crippen molar-refractivity contribution in [3.05, 3.63) is 90.0 Å². The number of aldehydes is 1. The van der Waals surface area contributed by atoms with Gasteiger partial charge in [0.25, 0.3) is 0 Å². The first-order valence-electron chi connectivity index (χ1n) is 7.18. The standard InChI is InChI=1S/C20H16OS/c21-14-19(18-8-4-5-9-20(18)22)17-12-10-16(11-13-17)15-6-2-1-3-7-15/h1-14,19,22H. The van der Waals surface area contributed by atoms with E-state index >= 15 is 0 Å². The molecule has 0 saturated heterocycles. The lowest BCUT2D eigenvalue weighted by molar-refractivity contribution is -0.108. The molecule has 2 heteroatoms. The van der Waals surface area contributed by atoms with Crippen LogP contribution >= 0.6 is 12.6 Å². The molecule has 0 aromatic heterocycles. The number of carbonyl (C=O) groups is 1. The molecule has 3 aromatic carbocycles. The minimum atomic E-state index is -0.279. The maximum atomic E-state index is 11.6. The summed E-state index contributed by atoms with van der Waals surface area (Å²) in [6, 6.07) is 26.1.